The van der Waals surface area contributed by atoms with E-state index in [2.05, 4.69) is 6.58 Å². The molecule has 0 heterocycles. The van der Waals surface area contributed by atoms with Gasteiger partial charge in [-0.2, -0.15) is 0 Å². The Labute approximate surface area is 139 Å². The molecule has 7 heteroatoms. The van der Waals surface area contributed by atoms with E-state index in [4.69, 9.17) is 4.74 Å². The molecular weight excluding hydrogens is 316 g/mol. The Kier molecular flexibility index (Phi) is 6.52. The van der Waals surface area contributed by atoms with Crippen LogP contribution in [0, 0.1) is 0 Å². The minimum Gasteiger partial charge on any atom is -0.492 e. The summed E-state index contributed by atoms with van der Waals surface area (Å²) < 4.78 is 5.21. The standard InChI is InChI=1S/C17H20O7/c1-4-6-9(3)7-10-8-11(15(18)19)13(17(22)23)14(24-5-2)12(10)16(20)21/h8H,3-7H2,1-2H3,(H,18,19)(H,20,21)(H,22,23). The van der Waals surface area contributed by atoms with E-state index < -0.39 is 34.8 Å². The second-order valence-electron chi connectivity index (χ2n) is 5.19. The molecule has 0 spiro atoms. The quantitative estimate of drug-likeness (QED) is 0.592. The van der Waals surface area contributed by atoms with Crippen molar-refractivity contribution in [3.63, 3.8) is 0 Å². The number of carboxylic acid groups (broad SMARTS) is 3. The van der Waals surface area contributed by atoms with E-state index >= 15 is 0 Å². The largest absolute Gasteiger partial charge is 0.492 e. The summed E-state index contributed by atoms with van der Waals surface area (Å²) >= 11 is 0. The third-order valence-corrected chi connectivity index (χ3v) is 3.35. The van der Waals surface area contributed by atoms with Crippen molar-refractivity contribution in [3.8, 4) is 5.75 Å². The van der Waals surface area contributed by atoms with Crippen molar-refractivity contribution in [2.75, 3.05) is 6.61 Å². The fourth-order valence-corrected chi connectivity index (χ4v) is 2.47. The summed E-state index contributed by atoms with van der Waals surface area (Å²) in [5.74, 6) is -4.83. The van der Waals surface area contributed by atoms with E-state index in [1.54, 1.807) is 6.92 Å². The molecule has 3 N–H and O–H groups in total. The first kappa shape index (κ1) is 19.2. The molecule has 0 unspecified atom stereocenters. The zero-order valence-corrected chi connectivity index (χ0v) is 13.6. The molecule has 1 aromatic carbocycles. The summed E-state index contributed by atoms with van der Waals surface area (Å²) in [6.07, 6.45) is 1.58. The SMILES string of the molecule is C=C(CCC)Cc1cc(C(=O)O)c(C(=O)O)c(OCC)c1C(=O)O. The van der Waals surface area contributed by atoms with Crippen LogP contribution in [-0.4, -0.2) is 39.8 Å². The van der Waals surface area contributed by atoms with Crippen LogP contribution in [0.15, 0.2) is 18.2 Å². The summed E-state index contributed by atoms with van der Waals surface area (Å²) in [5.41, 5.74) is -0.605. The van der Waals surface area contributed by atoms with Crippen molar-refractivity contribution in [3.05, 3.63) is 40.5 Å². The van der Waals surface area contributed by atoms with Crippen molar-refractivity contribution in [2.45, 2.75) is 33.1 Å². The monoisotopic (exact) mass is 336 g/mol. The smallest absolute Gasteiger partial charge is 0.340 e. The Balaban J connectivity index is 3.75. The molecule has 1 aromatic rings. The molecule has 0 aromatic heterocycles. The highest BCUT2D eigenvalue weighted by atomic mass is 16.5. The number of ether oxygens (including phenoxy) is 1. The molecule has 0 aliphatic carbocycles. The van der Waals surface area contributed by atoms with Gasteiger partial charge in [0.25, 0.3) is 0 Å². The molecular formula is C17H20O7. The van der Waals surface area contributed by atoms with Crippen LogP contribution in [0.1, 0.15) is 63.3 Å². The first-order valence-electron chi connectivity index (χ1n) is 7.43. The zero-order chi connectivity index (χ0) is 18.4. The maximum absolute atomic E-state index is 11.7. The maximum Gasteiger partial charge on any atom is 0.340 e. The van der Waals surface area contributed by atoms with Gasteiger partial charge >= 0.3 is 17.9 Å². The number of carboxylic acids is 3. The van der Waals surface area contributed by atoms with Gasteiger partial charge < -0.3 is 20.1 Å². The van der Waals surface area contributed by atoms with Gasteiger partial charge in [-0.1, -0.05) is 25.5 Å². The van der Waals surface area contributed by atoms with Crippen LogP contribution in [0.4, 0.5) is 0 Å². The normalized spacial score (nSPS) is 10.2. The van der Waals surface area contributed by atoms with Gasteiger partial charge in [-0.3, -0.25) is 0 Å². The number of rotatable bonds is 9. The number of aromatic carboxylic acids is 3. The number of hydrogen-bond acceptors (Lipinski definition) is 4. The molecule has 24 heavy (non-hydrogen) atoms. The van der Waals surface area contributed by atoms with Crippen molar-refractivity contribution >= 4 is 17.9 Å². The molecule has 0 atom stereocenters. The fourth-order valence-electron chi connectivity index (χ4n) is 2.47. The van der Waals surface area contributed by atoms with Crippen molar-refractivity contribution < 1.29 is 34.4 Å². The highest BCUT2D eigenvalue weighted by Gasteiger charge is 2.30. The molecule has 1 rings (SSSR count). The van der Waals surface area contributed by atoms with Crippen LogP contribution >= 0.6 is 0 Å². The lowest BCUT2D eigenvalue weighted by Crippen LogP contribution is -2.17. The molecule has 0 aliphatic heterocycles. The lowest BCUT2D eigenvalue weighted by Gasteiger charge is -2.17. The van der Waals surface area contributed by atoms with Crippen LogP contribution in [-0.2, 0) is 6.42 Å². The van der Waals surface area contributed by atoms with Gasteiger partial charge in [-0.05, 0) is 31.4 Å². The van der Waals surface area contributed by atoms with Crippen LogP contribution in [0.25, 0.3) is 0 Å². The first-order valence-corrected chi connectivity index (χ1v) is 7.43. The predicted octanol–water partition coefficient (Wildman–Crippen LogP) is 3.08. The molecule has 0 fully saturated rings. The predicted molar refractivity (Wildman–Crippen MR) is 86.2 cm³/mol. The van der Waals surface area contributed by atoms with Gasteiger partial charge in [0.15, 0.2) is 0 Å². The van der Waals surface area contributed by atoms with E-state index in [0.717, 1.165) is 18.1 Å². The van der Waals surface area contributed by atoms with Gasteiger partial charge in [0.05, 0.1) is 12.2 Å². The maximum atomic E-state index is 11.7. The summed E-state index contributed by atoms with van der Waals surface area (Å²) in [6.45, 7) is 7.34. The van der Waals surface area contributed by atoms with Crippen molar-refractivity contribution in [1.29, 1.82) is 0 Å². The van der Waals surface area contributed by atoms with Crippen molar-refractivity contribution in [2.24, 2.45) is 0 Å². The average Bonchev–Trinajstić information content (AvgIpc) is 2.46. The number of benzene rings is 1. The Morgan fingerprint density at radius 2 is 1.62 bits per heavy atom. The van der Waals surface area contributed by atoms with Gasteiger partial charge in [-0.25, -0.2) is 14.4 Å². The Hall–Kier alpha value is -2.83. The van der Waals surface area contributed by atoms with Crippen molar-refractivity contribution in [1.82, 2.24) is 0 Å². The number of hydrogen-bond donors (Lipinski definition) is 3. The summed E-state index contributed by atoms with van der Waals surface area (Å²) in [4.78, 5) is 34.6. The molecule has 7 nitrogen and oxygen atoms in total. The number of allylic oxidation sites excluding steroid dienone is 1. The third kappa shape index (κ3) is 4.13. The van der Waals surface area contributed by atoms with Gasteiger partial charge in [0, 0.05) is 0 Å². The molecule has 0 amide bonds. The lowest BCUT2D eigenvalue weighted by atomic mass is 9.92. The molecule has 0 radical (unpaired) electrons. The van der Waals surface area contributed by atoms with E-state index in [0.29, 0.717) is 6.42 Å². The van der Waals surface area contributed by atoms with Crippen LogP contribution in [0.3, 0.4) is 0 Å². The highest BCUT2D eigenvalue weighted by Crippen LogP contribution is 2.33. The molecule has 0 saturated carbocycles. The molecule has 0 aliphatic rings. The summed E-state index contributed by atoms with van der Waals surface area (Å²) in [7, 11) is 0. The Bertz CT molecular complexity index is 689. The van der Waals surface area contributed by atoms with E-state index in [9.17, 15) is 29.7 Å². The van der Waals surface area contributed by atoms with Crippen LogP contribution in [0.5, 0.6) is 5.75 Å². The van der Waals surface area contributed by atoms with E-state index in [1.807, 2.05) is 6.92 Å². The highest BCUT2D eigenvalue weighted by molar-refractivity contribution is 6.08. The lowest BCUT2D eigenvalue weighted by molar-refractivity contribution is 0.0643. The van der Waals surface area contributed by atoms with Gasteiger partial charge in [0.1, 0.15) is 16.9 Å². The Morgan fingerprint density at radius 1 is 1.04 bits per heavy atom. The third-order valence-electron chi connectivity index (χ3n) is 3.35. The van der Waals surface area contributed by atoms with Gasteiger partial charge in [-0.15, -0.1) is 0 Å². The fraction of sp³-hybridized carbons (Fsp3) is 0.353. The first-order chi connectivity index (χ1) is 11.2. The van der Waals surface area contributed by atoms with E-state index in [-0.39, 0.29) is 24.2 Å². The minimum atomic E-state index is -1.56. The zero-order valence-electron chi connectivity index (χ0n) is 13.6. The number of carbonyl (C=O) groups is 3. The average molecular weight is 336 g/mol. The summed E-state index contributed by atoms with van der Waals surface area (Å²) in [6, 6.07) is 1.08. The van der Waals surface area contributed by atoms with Crippen LogP contribution in [0.2, 0.25) is 0 Å². The molecule has 0 bridgehead atoms. The molecule has 0 saturated heterocycles. The van der Waals surface area contributed by atoms with Crippen LogP contribution < -0.4 is 4.74 Å². The Morgan fingerprint density at radius 3 is 2.04 bits per heavy atom. The summed E-state index contributed by atoms with van der Waals surface area (Å²) in [5, 5.41) is 28.1. The second kappa shape index (κ2) is 8.14. The van der Waals surface area contributed by atoms with Gasteiger partial charge in [0.2, 0.25) is 0 Å². The topological polar surface area (TPSA) is 121 Å². The second-order valence-corrected chi connectivity index (χ2v) is 5.19. The minimum absolute atomic E-state index is 0.00101. The molecule has 130 valence electrons. The van der Waals surface area contributed by atoms with E-state index in [1.165, 1.54) is 0 Å².